The molecule has 39 heavy (non-hydrogen) atoms. The molecule has 0 radical (unpaired) electrons. The lowest BCUT2D eigenvalue weighted by atomic mass is 10.1. The summed E-state index contributed by atoms with van der Waals surface area (Å²) in [5, 5.41) is 11.4. The third kappa shape index (κ3) is 9.82. The molecule has 0 unspecified atom stereocenters. The molecule has 1 amide bonds. The first-order valence-electron chi connectivity index (χ1n) is 13.9. The molecule has 1 heterocycles. The summed E-state index contributed by atoms with van der Waals surface area (Å²) in [4.78, 5) is 13.6. The number of H-pyrrole nitrogens is 1. The van der Waals surface area contributed by atoms with Crippen molar-refractivity contribution in [3.8, 4) is 0 Å². The Bertz CT molecular complexity index is 1280. The summed E-state index contributed by atoms with van der Waals surface area (Å²) in [5.41, 5.74) is 5.43. The summed E-state index contributed by atoms with van der Waals surface area (Å²) >= 11 is 0. The number of fused-ring (bicyclic) bond motifs is 1. The number of para-hydroxylation sites is 2. The highest BCUT2D eigenvalue weighted by Gasteiger charge is 2.29. The lowest BCUT2D eigenvalue weighted by Gasteiger charge is -2.19. The number of likely N-dealkylation sites (N-methyl/N-ethyl adjacent to an activating group) is 1. The van der Waals surface area contributed by atoms with Crippen LogP contribution in [0.15, 0.2) is 78.9 Å². The molecule has 1 fully saturated rings. The predicted molar refractivity (Wildman–Crippen MR) is 163 cm³/mol. The number of carbonyl (C=O) groups excluding carboxylic acids is 1. The molecule has 5 rings (SSSR count). The molecule has 6 nitrogen and oxygen atoms in total. The van der Waals surface area contributed by atoms with Crippen LogP contribution in [0.25, 0.3) is 23.1 Å². The van der Waals surface area contributed by atoms with E-state index in [2.05, 4.69) is 69.8 Å². The average molecular weight is 527 g/mol. The fraction of sp³-hybridized carbons (Fsp3) is 0.333. The normalized spacial score (nSPS) is 12.5. The van der Waals surface area contributed by atoms with Crippen LogP contribution in [0.2, 0.25) is 0 Å². The first-order valence-corrected chi connectivity index (χ1v) is 13.9. The van der Waals surface area contributed by atoms with Crippen molar-refractivity contribution in [3.05, 3.63) is 95.7 Å². The molecule has 206 valence electrons. The zero-order valence-corrected chi connectivity index (χ0v) is 23.7. The monoisotopic (exact) mass is 526 g/mol. The van der Waals surface area contributed by atoms with E-state index >= 15 is 0 Å². The van der Waals surface area contributed by atoms with E-state index in [0.717, 1.165) is 61.4 Å². The first kappa shape index (κ1) is 29.8. The minimum absolute atomic E-state index is 0.168. The summed E-state index contributed by atoms with van der Waals surface area (Å²) in [5.74, 6) is 0.450. The number of rotatable bonds is 10. The van der Waals surface area contributed by atoms with Gasteiger partial charge in [-0.25, -0.2) is 0 Å². The maximum Gasteiger partial charge on any atom is 0.227 e. The average Bonchev–Trinajstić information content (AvgIpc) is 3.77. The van der Waals surface area contributed by atoms with Gasteiger partial charge >= 0.3 is 0 Å². The van der Waals surface area contributed by atoms with Crippen molar-refractivity contribution in [2.24, 2.45) is 5.92 Å². The molecule has 6 heteroatoms. The van der Waals surface area contributed by atoms with Gasteiger partial charge in [-0.05, 0) is 54.8 Å². The molecule has 1 aromatic heterocycles. The molecular formula is C33H42N4O2. The Hall–Kier alpha value is -3.74. The number of hydrogen-bond acceptors (Lipinski definition) is 4. The number of anilines is 1. The van der Waals surface area contributed by atoms with Crippen LogP contribution in [0.1, 0.15) is 50.4 Å². The standard InChI is InChI=1S/C21H25N3O.C10H11NO.C2H6/c1-3-24(14-15-25-2)16-18-10-8-17(9-11-18)12-13-21-19-6-4-5-7-20(19)22-23-21;12-10(8-6-7-8)11-9-4-2-1-3-5-9;1-2/h4-13H,3,14-16H2,1-2H3,(H,22,23);1-5,8H,6-7H2,(H,11,12);1-2H3/b13-12+;;. The lowest BCUT2D eigenvalue weighted by molar-refractivity contribution is -0.117. The van der Waals surface area contributed by atoms with Gasteiger partial charge in [-0.2, -0.15) is 5.10 Å². The lowest BCUT2D eigenvalue weighted by Crippen LogP contribution is -2.26. The summed E-state index contributed by atoms with van der Waals surface area (Å²) in [6.45, 7) is 9.89. The van der Waals surface area contributed by atoms with Gasteiger partial charge in [0.1, 0.15) is 0 Å². The zero-order valence-electron chi connectivity index (χ0n) is 23.7. The molecule has 0 bridgehead atoms. The SMILES string of the molecule is CC.CCN(CCOC)Cc1ccc(/C=C/c2n[nH]c3ccccc23)cc1.O=C(Nc1ccccc1)C1CC1. The number of aromatic nitrogens is 2. The molecule has 2 N–H and O–H groups in total. The largest absolute Gasteiger partial charge is 0.383 e. The fourth-order valence-electron chi connectivity index (χ4n) is 3.96. The van der Waals surface area contributed by atoms with Crippen molar-refractivity contribution in [2.75, 3.05) is 32.1 Å². The molecule has 3 aromatic carbocycles. The molecule has 0 aliphatic heterocycles. The zero-order chi connectivity index (χ0) is 27.9. The van der Waals surface area contributed by atoms with Crippen LogP contribution in [0.4, 0.5) is 5.69 Å². The molecule has 0 saturated heterocycles. The van der Waals surface area contributed by atoms with E-state index in [4.69, 9.17) is 4.74 Å². The fourth-order valence-corrected chi connectivity index (χ4v) is 3.96. The van der Waals surface area contributed by atoms with Gasteiger partial charge in [0.25, 0.3) is 0 Å². The number of amides is 1. The van der Waals surface area contributed by atoms with Gasteiger partial charge in [0.05, 0.1) is 17.8 Å². The van der Waals surface area contributed by atoms with E-state index in [-0.39, 0.29) is 11.8 Å². The van der Waals surface area contributed by atoms with Crippen LogP contribution in [0.3, 0.4) is 0 Å². The van der Waals surface area contributed by atoms with Crippen molar-refractivity contribution >= 4 is 34.6 Å². The second-order valence-corrected chi connectivity index (χ2v) is 9.22. The van der Waals surface area contributed by atoms with E-state index in [9.17, 15) is 4.79 Å². The maximum absolute atomic E-state index is 11.3. The quantitative estimate of drug-likeness (QED) is 0.228. The second kappa shape index (κ2) is 16.3. The smallest absolute Gasteiger partial charge is 0.227 e. The number of benzene rings is 3. The Morgan fingerprint density at radius 2 is 1.69 bits per heavy atom. The van der Waals surface area contributed by atoms with Crippen molar-refractivity contribution in [3.63, 3.8) is 0 Å². The number of ether oxygens (including phenoxy) is 1. The third-order valence-electron chi connectivity index (χ3n) is 6.37. The van der Waals surface area contributed by atoms with Crippen LogP contribution in [0.5, 0.6) is 0 Å². The molecule has 1 saturated carbocycles. The summed E-state index contributed by atoms with van der Waals surface area (Å²) in [6, 6.07) is 26.5. The van der Waals surface area contributed by atoms with E-state index in [1.165, 1.54) is 11.1 Å². The second-order valence-electron chi connectivity index (χ2n) is 9.22. The van der Waals surface area contributed by atoms with Gasteiger partial charge < -0.3 is 10.1 Å². The highest BCUT2D eigenvalue weighted by Crippen LogP contribution is 2.30. The van der Waals surface area contributed by atoms with Gasteiger partial charge in [0, 0.05) is 37.2 Å². The molecule has 0 spiro atoms. The third-order valence-corrected chi connectivity index (χ3v) is 6.37. The first-order chi connectivity index (χ1) is 19.2. The number of nitrogens with zero attached hydrogens (tertiary/aromatic N) is 2. The van der Waals surface area contributed by atoms with Gasteiger partial charge in [-0.15, -0.1) is 0 Å². The summed E-state index contributed by atoms with van der Waals surface area (Å²) < 4.78 is 5.17. The van der Waals surface area contributed by atoms with Crippen LogP contribution in [-0.2, 0) is 16.1 Å². The summed E-state index contributed by atoms with van der Waals surface area (Å²) in [6.07, 6.45) is 6.27. The molecule has 1 aliphatic rings. The number of methoxy groups -OCH3 is 1. The van der Waals surface area contributed by atoms with E-state index < -0.39 is 0 Å². The van der Waals surface area contributed by atoms with Crippen LogP contribution < -0.4 is 5.32 Å². The van der Waals surface area contributed by atoms with Gasteiger partial charge in [0.2, 0.25) is 5.91 Å². The van der Waals surface area contributed by atoms with Crippen LogP contribution in [0, 0.1) is 5.92 Å². The number of carbonyl (C=O) groups is 1. The van der Waals surface area contributed by atoms with E-state index in [0.29, 0.717) is 0 Å². The Kier molecular flexibility index (Phi) is 12.4. The molecule has 1 aliphatic carbocycles. The minimum Gasteiger partial charge on any atom is -0.383 e. The van der Waals surface area contributed by atoms with Crippen molar-refractivity contribution in [1.82, 2.24) is 15.1 Å². The Labute approximate surface area is 233 Å². The highest BCUT2D eigenvalue weighted by atomic mass is 16.5. The topological polar surface area (TPSA) is 70.2 Å². The van der Waals surface area contributed by atoms with Crippen molar-refractivity contribution in [1.29, 1.82) is 0 Å². The molecule has 0 atom stereocenters. The maximum atomic E-state index is 11.3. The van der Waals surface area contributed by atoms with Gasteiger partial charge in [-0.3, -0.25) is 14.8 Å². The molecular weight excluding hydrogens is 484 g/mol. The Morgan fingerprint density at radius 3 is 2.36 bits per heavy atom. The predicted octanol–water partition coefficient (Wildman–Crippen LogP) is 7.26. The minimum atomic E-state index is 0.168. The Morgan fingerprint density at radius 1 is 1.00 bits per heavy atom. The van der Waals surface area contributed by atoms with Crippen molar-refractivity contribution in [2.45, 2.75) is 40.2 Å². The van der Waals surface area contributed by atoms with Crippen LogP contribution >= 0.6 is 0 Å². The van der Waals surface area contributed by atoms with Crippen molar-refractivity contribution < 1.29 is 9.53 Å². The Balaban J connectivity index is 0.000000250. The number of hydrogen-bond donors (Lipinski definition) is 2. The van der Waals surface area contributed by atoms with Gasteiger partial charge in [-0.1, -0.05) is 87.5 Å². The van der Waals surface area contributed by atoms with Crippen LogP contribution in [-0.4, -0.2) is 47.8 Å². The number of aromatic amines is 1. The summed E-state index contributed by atoms with van der Waals surface area (Å²) in [7, 11) is 1.75. The molecule has 4 aromatic rings. The van der Waals surface area contributed by atoms with Gasteiger partial charge in [0.15, 0.2) is 0 Å². The van der Waals surface area contributed by atoms with E-state index in [1.807, 2.05) is 62.4 Å². The number of nitrogens with one attached hydrogen (secondary N) is 2. The van der Waals surface area contributed by atoms with E-state index in [1.54, 1.807) is 7.11 Å². The highest BCUT2D eigenvalue weighted by molar-refractivity contribution is 5.94.